The summed E-state index contributed by atoms with van der Waals surface area (Å²) >= 11 is 0. The van der Waals surface area contributed by atoms with Crippen LogP contribution < -0.4 is 16.4 Å². The van der Waals surface area contributed by atoms with Crippen LogP contribution >= 0.6 is 0 Å². The zero-order valence-electron chi connectivity index (χ0n) is 42.1. The molecule has 2 saturated carbocycles. The fourth-order valence-electron chi connectivity index (χ4n) is 9.21. The number of nitrogens with one attached hydrogen (secondary N) is 2. The fraction of sp³-hybridized carbons (Fsp3) is 0.456. The van der Waals surface area contributed by atoms with Crippen molar-refractivity contribution < 1.29 is 32.8 Å². The number of nitrogens with two attached hydrogens (primary N) is 1. The van der Waals surface area contributed by atoms with Crippen LogP contribution in [-0.2, 0) is 14.4 Å². The molecule has 14 nitrogen and oxygen atoms in total. The SMILES string of the molecule is CN1CCN(C(=O)[C@H](CCCC=O)NC(=O)c2ccc(C#N)cc2)CC1.CN1CCN(C(=O)[C@H](CCCCC[C@@H]2C[C@H]2c2ccc(F)cc2)NC(=O)c2ccc(C#N)cc2)CC1.N[C@@H]1CC1c1ccc(F)cc1. The van der Waals surface area contributed by atoms with Crippen molar-refractivity contribution in [1.82, 2.24) is 30.2 Å². The largest absolute Gasteiger partial charge is 0.340 e. The van der Waals surface area contributed by atoms with Gasteiger partial charge in [0.2, 0.25) is 11.8 Å². The molecule has 4 fully saturated rings. The van der Waals surface area contributed by atoms with E-state index in [-0.39, 0.29) is 35.3 Å². The number of nitriles is 2. The number of unbranched alkanes of at least 4 members (excludes halogenated alkanes) is 3. The summed E-state index contributed by atoms with van der Waals surface area (Å²) in [6.45, 7) is 5.87. The lowest BCUT2D eigenvalue weighted by molar-refractivity contribution is -0.135. The molecule has 4 aliphatic rings. The Hall–Kier alpha value is -6.85. The molecule has 2 saturated heterocycles. The Morgan fingerprint density at radius 3 is 1.41 bits per heavy atom. The Balaban J connectivity index is 0.000000203. The second-order valence-electron chi connectivity index (χ2n) is 19.6. The lowest BCUT2D eigenvalue weighted by Crippen LogP contribution is -2.54. The van der Waals surface area contributed by atoms with Crippen LogP contribution in [0.25, 0.3) is 0 Å². The number of carbonyl (C=O) groups excluding carboxylic acids is 5. The number of benzene rings is 4. The summed E-state index contributed by atoms with van der Waals surface area (Å²) in [6.07, 6.45) is 9.06. The number of likely N-dealkylation sites (N-methyl/N-ethyl adjacent to an activating group) is 2. The average Bonchev–Trinajstić information content (AvgIpc) is 4.35. The molecule has 4 aromatic carbocycles. The minimum Gasteiger partial charge on any atom is -0.340 e. The van der Waals surface area contributed by atoms with Gasteiger partial charge in [0.05, 0.1) is 23.3 Å². The molecule has 2 heterocycles. The summed E-state index contributed by atoms with van der Waals surface area (Å²) in [5, 5.41) is 23.6. The van der Waals surface area contributed by atoms with E-state index in [0.29, 0.717) is 97.9 Å². The van der Waals surface area contributed by atoms with Gasteiger partial charge in [-0.15, -0.1) is 0 Å². The molecular weight excluding hydrogens is 929 g/mol. The third-order valence-electron chi connectivity index (χ3n) is 14.1. The van der Waals surface area contributed by atoms with E-state index in [0.717, 1.165) is 71.0 Å². The van der Waals surface area contributed by atoms with E-state index in [1.54, 1.807) is 53.4 Å². The summed E-state index contributed by atoms with van der Waals surface area (Å²) < 4.78 is 25.6. The van der Waals surface area contributed by atoms with Gasteiger partial charge in [-0.3, -0.25) is 19.2 Å². The lowest BCUT2D eigenvalue weighted by Gasteiger charge is -2.34. The summed E-state index contributed by atoms with van der Waals surface area (Å²) in [5.41, 5.74) is 9.85. The number of rotatable bonds is 18. The van der Waals surface area contributed by atoms with E-state index >= 15 is 0 Å². The van der Waals surface area contributed by atoms with Crippen molar-refractivity contribution in [3.63, 3.8) is 0 Å². The molecule has 16 heteroatoms. The van der Waals surface area contributed by atoms with Gasteiger partial charge in [0.25, 0.3) is 11.8 Å². The molecule has 0 bridgehead atoms. The van der Waals surface area contributed by atoms with Crippen LogP contribution in [0.15, 0.2) is 97.1 Å². The highest BCUT2D eigenvalue weighted by atomic mass is 19.1. The molecule has 0 spiro atoms. The van der Waals surface area contributed by atoms with Crippen LogP contribution in [0.3, 0.4) is 0 Å². The Labute approximate surface area is 428 Å². The number of aldehydes is 1. The maximum absolute atomic E-state index is 13.3. The third-order valence-corrected chi connectivity index (χ3v) is 14.1. The van der Waals surface area contributed by atoms with Crippen LogP contribution in [0.1, 0.15) is 119 Å². The molecule has 8 rings (SSSR count). The third kappa shape index (κ3) is 17.4. The van der Waals surface area contributed by atoms with E-state index < -0.39 is 12.1 Å². The Morgan fingerprint density at radius 2 is 1.01 bits per heavy atom. The smallest absolute Gasteiger partial charge is 0.251 e. The summed E-state index contributed by atoms with van der Waals surface area (Å²) in [6, 6.07) is 29.4. The van der Waals surface area contributed by atoms with E-state index in [4.69, 9.17) is 16.3 Å². The highest BCUT2D eigenvalue weighted by Gasteiger charge is 2.38. The Bertz CT molecular complexity index is 2520. The normalized spacial score (nSPS) is 20.0. The highest BCUT2D eigenvalue weighted by molar-refractivity contribution is 5.98. The van der Waals surface area contributed by atoms with Gasteiger partial charge < -0.3 is 40.8 Å². The van der Waals surface area contributed by atoms with Gasteiger partial charge in [-0.05, 0) is 148 Å². The lowest BCUT2D eigenvalue weighted by atomic mass is 10.0. The molecule has 0 aromatic heterocycles. The minimum absolute atomic E-state index is 0.0105. The predicted octanol–water partition coefficient (Wildman–Crippen LogP) is 6.76. The molecular formula is C57H69F2N9O5. The topological polar surface area (TPSA) is 196 Å². The molecule has 4 N–H and O–H groups in total. The minimum atomic E-state index is -0.651. The second kappa shape index (κ2) is 27.8. The average molecular weight is 998 g/mol. The maximum atomic E-state index is 13.3. The van der Waals surface area contributed by atoms with Crippen molar-refractivity contribution in [2.75, 3.05) is 66.5 Å². The summed E-state index contributed by atoms with van der Waals surface area (Å²) in [7, 11) is 4.06. The summed E-state index contributed by atoms with van der Waals surface area (Å²) in [5.74, 6) is 0.564. The molecule has 1 unspecified atom stereocenters. The van der Waals surface area contributed by atoms with Gasteiger partial charge in [-0.1, -0.05) is 43.5 Å². The standard InChI is InChI=1S/C29H35FN4O2.C19H24N4O3.C9H10FN/c1-33-15-17-34(18-16-33)29(36)27(32-28(35)23-9-7-21(20-31)8-10-23)6-4-2-3-5-24-19-26(24)22-11-13-25(30)14-12-22;1-22-9-11-23(12-10-22)19(26)17(4-2-3-13-24)21-18(25)16-7-5-15(14-20)6-8-16;10-7-3-1-6(2-4-7)8-5-9(8)11/h7-14,24,26-27H,2-6,15-19H2,1H3,(H,32,35);5-8,13,17H,2-4,9-12H2,1H3,(H,21,25);1-4,8-9H,5,11H2/t24-,26+,27+;17-;8?,9-/m101/s1. The Morgan fingerprint density at radius 1 is 0.603 bits per heavy atom. The van der Waals surface area contributed by atoms with Crippen molar-refractivity contribution >= 4 is 29.9 Å². The fourth-order valence-corrected chi connectivity index (χ4v) is 9.21. The molecule has 2 aliphatic carbocycles. The van der Waals surface area contributed by atoms with Gasteiger partial charge in [0, 0.05) is 81.9 Å². The van der Waals surface area contributed by atoms with Crippen LogP contribution in [0.4, 0.5) is 8.78 Å². The maximum Gasteiger partial charge on any atom is 0.251 e. The number of nitrogens with zero attached hydrogens (tertiary/aromatic N) is 6. The van der Waals surface area contributed by atoms with E-state index in [9.17, 15) is 32.8 Å². The quantitative estimate of drug-likeness (QED) is 0.0708. The zero-order valence-corrected chi connectivity index (χ0v) is 42.1. The summed E-state index contributed by atoms with van der Waals surface area (Å²) in [4.78, 5) is 70.1. The predicted molar refractivity (Wildman–Crippen MR) is 275 cm³/mol. The van der Waals surface area contributed by atoms with Crippen molar-refractivity contribution in [3.8, 4) is 12.1 Å². The van der Waals surface area contributed by atoms with Crippen LogP contribution in [0.2, 0.25) is 0 Å². The number of amides is 4. The number of halogens is 2. The number of carbonyl (C=O) groups is 5. The van der Waals surface area contributed by atoms with Gasteiger partial charge in [0.15, 0.2) is 0 Å². The van der Waals surface area contributed by atoms with Gasteiger partial charge in [-0.25, -0.2) is 8.78 Å². The van der Waals surface area contributed by atoms with Crippen LogP contribution in [0.5, 0.6) is 0 Å². The molecule has 4 amide bonds. The van der Waals surface area contributed by atoms with Crippen molar-refractivity contribution in [2.45, 2.75) is 94.2 Å². The monoisotopic (exact) mass is 998 g/mol. The van der Waals surface area contributed by atoms with E-state index in [2.05, 4.69) is 26.5 Å². The first-order chi connectivity index (χ1) is 35.3. The molecule has 6 atom stereocenters. The van der Waals surface area contributed by atoms with E-state index in [1.807, 2.05) is 49.3 Å². The van der Waals surface area contributed by atoms with Crippen molar-refractivity contribution in [2.24, 2.45) is 11.7 Å². The first-order valence-corrected chi connectivity index (χ1v) is 25.5. The van der Waals surface area contributed by atoms with Gasteiger partial charge in [-0.2, -0.15) is 10.5 Å². The number of hydrogen-bond donors (Lipinski definition) is 3. The number of piperazine rings is 2. The van der Waals surface area contributed by atoms with E-state index in [1.165, 1.54) is 35.4 Å². The second-order valence-corrected chi connectivity index (χ2v) is 19.6. The van der Waals surface area contributed by atoms with Crippen LogP contribution in [-0.4, -0.2) is 134 Å². The molecule has 2 aliphatic heterocycles. The molecule has 386 valence electrons. The van der Waals surface area contributed by atoms with Crippen LogP contribution in [0, 0.1) is 40.2 Å². The van der Waals surface area contributed by atoms with Crippen molar-refractivity contribution in [1.29, 1.82) is 10.5 Å². The van der Waals surface area contributed by atoms with Gasteiger partial charge in [0.1, 0.15) is 30.0 Å². The van der Waals surface area contributed by atoms with Crippen molar-refractivity contribution in [3.05, 3.63) is 142 Å². The molecule has 4 aromatic rings. The van der Waals surface area contributed by atoms with Gasteiger partial charge >= 0.3 is 0 Å². The zero-order chi connectivity index (χ0) is 52.3. The number of hydrogen-bond acceptors (Lipinski definition) is 10. The molecule has 0 radical (unpaired) electrons. The molecule has 73 heavy (non-hydrogen) atoms. The Kier molecular flexibility index (Phi) is 21.1. The first kappa shape index (κ1) is 55.5. The highest BCUT2D eigenvalue weighted by Crippen LogP contribution is 2.50. The first-order valence-electron chi connectivity index (χ1n) is 25.5.